The number of nitrogens with zero attached hydrogens (tertiary/aromatic N) is 1. The van der Waals surface area contributed by atoms with Gasteiger partial charge in [0.25, 0.3) is 0 Å². The highest BCUT2D eigenvalue weighted by Crippen LogP contribution is 2.35. The average molecular weight is 254 g/mol. The van der Waals surface area contributed by atoms with E-state index in [0.29, 0.717) is 12.0 Å². The summed E-state index contributed by atoms with van der Waals surface area (Å²) in [6, 6.07) is 0. The van der Waals surface area contributed by atoms with Crippen molar-refractivity contribution in [2.24, 2.45) is 17.6 Å². The quantitative estimate of drug-likeness (QED) is 0.818. The van der Waals surface area contributed by atoms with Gasteiger partial charge in [-0.05, 0) is 44.6 Å². The molecule has 106 valence electrons. The van der Waals surface area contributed by atoms with Crippen LogP contribution >= 0.6 is 0 Å². The highest BCUT2D eigenvalue weighted by atomic mass is 16.5. The van der Waals surface area contributed by atoms with Crippen LogP contribution in [0.2, 0.25) is 0 Å². The molecule has 2 N–H and O–H groups in total. The molecule has 1 saturated heterocycles. The number of rotatable bonds is 5. The predicted octanol–water partition coefficient (Wildman–Crippen LogP) is 2.25. The summed E-state index contributed by atoms with van der Waals surface area (Å²) in [4.78, 5) is 2.55. The average Bonchev–Trinajstić information content (AvgIpc) is 2.33. The Hall–Kier alpha value is -0.120. The van der Waals surface area contributed by atoms with Crippen molar-refractivity contribution >= 4 is 0 Å². The minimum Gasteiger partial charge on any atom is -0.378 e. The minimum atomic E-state index is 0.183. The normalized spacial score (nSPS) is 34.0. The zero-order valence-electron chi connectivity index (χ0n) is 12.3. The van der Waals surface area contributed by atoms with Crippen LogP contribution in [-0.2, 0) is 4.74 Å². The Kier molecular flexibility index (Phi) is 4.68. The number of likely N-dealkylation sites (N-methyl/N-ethyl adjacent to an activating group) is 1. The van der Waals surface area contributed by atoms with Crippen molar-refractivity contribution in [3.63, 3.8) is 0 Å². The molecular formula is C15H30N2O. The van der Waals surface area contributed by atoms with Crippen LogP contribution in [-0.4, -0.2) is 43.3 Å². The number of ether oxygens (including phenoxy) is 1. The lowest BCUT2D eigenvalue weighted by Gasteiger charge is -2.49. The van der Waals surface area contributed by atoms with Gasteiger partial charge < -0.3 is 10.5 Å². The van der Waals surface area contributed by atoms with E-state index >= 15 is 0 Å². The molecule has 3 nitrogen and oxygen atoms in total. The van der Waals surface area contributed by atoms with Crippen LogP contribution in [0.1, 0.15) is 46.0 Å². The Bertz CT molecular complexity index is 265. The molecule has 0 aromatic carbocycles. The largest absolute Gasteiger partial charge is 0.378 e. The van der Waals surface area contributed by atoms with Crippen molar-refractivity contribution in [1.82, 2.24) is 4.90 Å². The minimum absolute atomic E-state index is 0.183. The van der Waals surface area contributed by atoms with Crippen molar-refractivity contribution in [2.45, 2.75) is 57.6 Å². The molecule has 0 spiro atoms. The van der Waals surface area contributed by atoms with Gasteiger partial charge in [-0.1, -0.05) is 20.3 Å². The van der Waals surface area contributed by atoms with E-state index in [-0.39, 0.29) is 5.54 Å². The summed E-state index contributed by atoms with van der Waals surface area (Å²) in [5.41, 5.74) is 6.32. The molecule has 0 radical (unpaired) electrons. The SMILES string of the molecule is CC(C)C1CC(CN)(N(C)CC2CCC2)CCO1. The van der Waals surface area contributed by atoms with Gasteiger partial charge in [0.1, 0.15) is 0 Å². The zero-order chi connectivity index (χ0) is 13.2. The Balaban J connectivity index is 1.98. The lowest BCUT2D eigenvalue weighted by molar-refractivity contribution is -0.0859. The van der Waals surface area contributed by atoms with Crippen LogP contribution in [0.25, 0.3) is 0 Å². The lowest BCUT2D eigenvalue weighted by Crippen LogP contribution is -2.59. The van der Waals surface area contributed by atoms with Gasteiger partial charge in [0, 0.05) is 25.2 Å². The van der Waals surface area contributed by atoms with Gasteiger partial charge in [-0.25, -0.2) is 0 Å². The lowest BCUT2D eigenvalue weighted by atomic mass is 9.79. The highest BCUT2D eigenvalue weighted by molar-refractivity contribution is 4.96. The zero-order valence-corrected chi connectivity index (χ0v) is 12.3. The van der Waals surface area contributed by atoms with E-state index in [0.717, 1.165) is 31.9 Å². The number of hydrogen-bond acceptors (Lipinski definition) is 3. The first kappa shape index (κ1) is 14.3. The first-order valence-corrected chi connectivity index (χ1v) is 7.60. The third-order valence-corrected chi connectivity index (χ3v) is 5.17. The maximum absolute atomic E-state index is 6.14. The monoisotopic (exact) mass is 254 g/mol. The first-order valence-electron chi connectivity index (χ1n) is 7.60. The second kappa shape index (κ2) is 5.89. The molecule has 1 aliphatic heterocycles. The van der Waals surface area contributed by atoms with Gasteiger partial charge in [0.2, 0.25) is 0 Å². The summed E-state index contributed by atoms with van der Waals surface area (Å²) in [6.45, 7) is 7.37. The van der Waals surface area contributed by atoms with Crippen LogP contribution in [0, 0.1) is 11.8 Å². The molecule has 0 amide bonds. The van der Waals surface area contributed by atoms with Gasteiger partial charge in [0.05, 0.1) is 6.10 Å². The van der Waals surface area contributed by atoms with Crippen LogP contribution in [0.4, 0.5) is 0 Å². The molecule has 0 aromatic rings. The molecule has 1 aliphatic carbocycles. The second-order valence-corrected chi connectivity index (χ2v) is 6.71. The third kappa shape index (κ3) is 2.89. The van der Waals surface area contributed by atoms with Crippen LogP contribution in [0.15, 0.2) is 0 Å². The molecule has 2 atom stereocenters. The van der Waals surface area contributed by atoms with Gasteiger partial charge in [-0.3, -0.25) is 4.90 Å². The van der Waals surface area contributed by atoms with Crippen LogP contribution in [0.3, 0.4) is 0 Å². The fraction of sp³-hybridized carbons (Fsp3) is 1.00. The molecular weight excluding hydrogens is 224 g/mol. The predicted molar refractivity (Wildman–Crippen MR) is 75.6 cm³/mol. The Morgan fingerprint density at radius 3 is 2.61 bits per heavy atom. The Morgan fingerprint density at radius 1 is 1.39 bits per heavy atom. The third-order valence-electron chi connectivity index (χ3n) is 5.17. The van der Waals surface area contributed by atoms with Gasteiger partial charge >= 0.3 is 0 Å². The van der Waals surface area contributed by atoms with Crippen LogP contribution in [0.5, 0.6) is 0 Å². The molecule has 3 heteroatoms. The van der Waals surface area contributed by atoms with Crippen molar-refractivity contribution in [3.05, 3.63) is 0 Å². The highest BCUT2D eigenvalue weighted by Gasteiger charge is 2.41. The molecule has 1 heterocycles. The number of hydrogen-bond donors (Lipinski definition) is 1. The maximum atomic E-state index is 6.14. The van der Waals surface area contributed by atoms with E-state index in [1.807, 2.05) is 0 Å². The fourth-order valence-corrected chi connectivity index (χ4v) is 3.31. The summed E-state index contributed by atoms with van der Waals surface area (Å²) in [6.07, 6.45) is 6.82. The van der Waals surface area contributed by atoms with E-state index in [2.05, 4.69) is 25.8 Å². The van der Waals surface area contributed by atoms with E-state index in [9.17, 15) is 0 Å². The standard InChI is InChI=1S/C15H30N2O/c1-12(2)14-9-15(11-16,7-8-18-14)17(3)10-13-5-4-6-13/h12-14H,4-11,16H2,1-3H3. The van der Waals surface area contributed by atoms with Crippen molar-refractivity contribution in [3.8, 4) is 0 Å². The molecule has 2 unspecified atom stereocenters. The molecule has 0 aromatic heterocycles. The Morgan fingerprint density at radius 2 is 2.11 bits per heavy atom. The molecule has 2 aliphatic rings. The van der Waals surface area contributed by atoms with Gasteiger partial charge in [-0.15, -0.1) is 0 Å². The van der Waals surface area contributed by atoms with Crippen LogP contribution < -0.4 is 5.73 Å². The molecule has 0 bridgehead atoms. The summed E-state index contributed by atoms with van der Waals surface area (Å²) in [5, 5.41) is 0. The number of nitrogens with two attached hydrogens (primary N) is 1. The summed E-state index contributed by atoms with van der Waals surface area (Å²) >= 11 is 0. The first-order chi connectivity index (χ1) is 8.57. The summed E-state index contributed by atoms with van der Waals surface area (Å²) in [7, 11) is 2.27. The van der Waals surface area contributed by atoms with E-state index in [1.54, 1.807) is 0 Å². The molecule has 1 saturated carbocycles. The van der Waals surface area contributed by atoms with Gasteiger partial charge in [-0.2, -0.15) is 0 Å². The molecule has 2 fully saturated rings. The van der Waals surface area contributed by atoms with E-state index in [1.165, 1.54) is 25.8 Å². The topological polar surface area (TPSA) is 38.5 Å². The summed E-state index contributed by atoms with van der Waals surface area (Å²) in [5.74, 6) is 1.51. The van der Waals surface area contributed by atoms with Crippen molar-refractivity contribution in [2.75, 3.05) is 26.7 Å². The second-order valence-electron chi connectivity index (χ2n) is 6.71. The smallest absolute Gasteiger partial charge is 0.0616 e. The van der Waals surface area contributed by atoms with Gasteiger partial charge in [0.15, 0.2) is 0 Å². The van der Waals surface area contributed by atoms with Crippen molar-refractivity contribution < 1.29 is 4.74 Å². The maximum Gasteiger partial charge on any atom is 0.0616 e. The van der Waals surface area contributed by atoms with Crippen molar-refractivity contribution in [1.29, 1.82) is 0 Å². The molecule has 18 heavy (non-hydrogen) atoms. The summed E-state index contributed by atoms with van der Waals surface area (Å²) < 4.78 is 5.91. The van der Waals surface area contributed by atoms with E-state index < -0.39 is 0 Å². The Labute approximate surface area is 112 Å². The van der Waals surface area contributed by atoms with E-state index in [4.69, 9.17) is 10.5 Å². The molecule has 2 rings (SSSR count). The fourth-order valence-electron chi connectivity index (χ4n) is 3.31.